The van der Waals surface area contributed by atoms with Crippen molar-refractivity contribution in [2.75, 3.05) is 62.4 Å². The van der Waals surface area contributed by atoms with E-state index in [2.05, 4.69) is 84.3 Å². The molecule has 0 bridgehead atoms. The Morgan fingerprint density at radius 3 is 1.36 bits per heavy atom. The molecule has 4 heterocycles. The maximum Gasteiger partial charge on any atom is 0.139 e. The zero-order valence-corrected chi connectivity index (χ0v) is 24.0. The van der Waals surface area contributed by atoms with Gasteiger partial charge in [-0.15, -0.1) is 0 Å². The Labute approximate surface area is 242 Å². The molecule has 0 unspecified atom stereocenters. The molecule has 6 heteroatoms. The van der Waals surface area contributed by atoms with E-state index in [9.17, 15) is 0 Å². The van der Waals surface area contributed by atoms with Gasteiger partial charge in [0.2, 0.25) is 0 Å². The lowest BCUT2D eigenvalue weighted by Gasteiger charge is -2.29. The van der Waals surface area contributed by atoms with Gasteiger partial charge in [-0.2, -0.15) is 0 Å². The minimum Gasteiger partial charge on any atom is -0.456 e. The molecular formula is C36H32N2O4. The highest BCUT2D eigenvalue weighted by Crippen LogP contribution is 2.45. The van der Waals surface area contributed by atoms with Gasteiger partial charge in [0, 0.05) is 59.1 Å². The molecule has 2 aromatic heterocycles. The number of rotatable bonds is 2. The zero-order valence-electron chi connectivity index (χ0n) is 24.0. The lowest BCUT2D eigenvalue weighted by molar-refractivity contribution is 0.122. The Kier molecular flexibility index (Phi) is 5.29. The summed E-state index contributed by atoms with van der Waals surface area (Å²) in [5, 5.41) is 9.36. The number of fused-ring (bicyclic) bond motifs is 9. The fourth-order valence-corrected chi connectivity index (χ4v) is 7.06. The molecule has 0 amide bonds. The minimum atomic E-state index is 0.776. The van der Waals surface area contributed by atoms with E-state index in [4.69, 9.17) is 18.3 Å². The van der Waals surface area contributed by atoms with Gasteiger partial charge in [0.1, 0.15) is 22.3 Å². The van der Waals surface area contributed by atoms with Crippen molar-refractivity contribution in [3.05, 3.63) is 71.8 Å². The smallest absolute Gasteiger partial charge is 0.139 e. The summed E-state index contributed by atoms with van der Waals surface area (Å²) in [5.74, 6) is 0. The van der Waals surface area contributed by atoms with Crippen molar-refractivity contribution in [1.29, 1.82) is 0 Å². The molecule has 0 aliphatic carbocycles. The van der Waals surface area contributed by atoms with Gasteiger partial charge in [0.15, 0.2) is 0 Å². The van der Waals surface area contributed by atoms with Crippen LogP contribution in [0.2, 0.25) is 0 Å². The van der Waals surface area contributed by atoms with Crippen LogP contribution in [0.25, 0.3) is 65.4 Å². The third-order valence-corrected chi connectivity index (χ3v) is 9.51. The third-order valence-electron chi connectivity index (χ3n) is 9.51. The molecule has 7 aromatic rings. The van der Waals surface area contributed by atoms with Gasteiger partial charge in [-0.25, -0.2) is 0 Å². The van der Waals surface area contributed by atoms with Gasteiger partial charge in [-0.1, -0.05) is 12.1 Å². The van der Waals surface area contributed by atoms with Crippen molar-refractivity contribution < 1.29 is 18.3 Å². The number of anilines is 2. The summed E-state index contributed by atoms with van der Waals surface area (Å²) in [6.45, 7) is 11.1. The van der Waals surface area contributed by atoms with Gasteiger partial charge in [0.25, 0.3) is 0 Å². The first-order valence-corrected chi connectivity index (χ1v) is 15.0. The molecular weight excluding hydrogens is 524 g/mol. The number of benzene rings is 5. The number of aryl methyl sites for hydroxylation is 2. The molecule has 2 saturated heterocycles. The van der Waals surface area contributed by atoms with Crippen LogP contribution in [0.5, 0.6) is 0 Å². The van der Waals surface area contributed by atoms with Crippen molar-refractivity contribution in [3.8, 4) is 0 Å². The third kappa shape index (κ3) is 3.58. The van der Waals surface area contributed by atoms with Crippen LogP contribution in [0.1, 0.15) is 11.1 Å². The van der Waals surface area contributed by atoms with Crippen LogP contribution < -0.4 is 9.80 Å². The Morgan fingerprint density at radius 1 is 0.500 bits per heavy atom. The zero-order chi connectivity index (χ0) is 27.9. The van der Waals surface area contributed by atoms with Crippen molar-refractivity contribution in [1.82, 2.24) is 0 Å². The maximum absolute atomic E-state index is 6.66. The second-order valence-electron chi connectivity index (χ2n) is 11.8. The first-order chi connectivity index (χ1) is 20.6. The molecule has 2 aliphatic heterocycles. The van der Waals surface area contributed by atoms with Crippen LogP contribution >= 0.6 is 0 Å². The molecule has 0 radical (unpaired) electrons. The summed E-state index contributed by atoms with van der Waals surface area (Å²) in [5.41, 5.74) is 8.46. The standard InChI is InChI=1S/C36H32N2O4/c1-21-22(2)36-34(30-18-24-4-6-28(38-9-13-40-14-10-38)16-26(24)20-32(30)42-36)33-29-17-23-3-5-27(37-7-11-39-12-8-37)15-25(23)19-31(29)41-35(21)33/h3-6,15-20H,7-14H2,1-2H3. The SMILES string of the molecule is Cc1c(C)c2oc3cc4cc(N5CCOCC5)ccc4cc3c2c2c1oc1cc3cc(N4CCOCC4)ccc3cc12. The summed E-state index contributed by atoms with van der Waals surface area (Å²) >= 11 is 0. The summed E-state index contributed by atoms with van der Waals surface area (Å²) in [6, 6.07) is 22.5. The van der Waals surface area contributed by atoms with Crippen molar-refractivity contribution in [3.63, 3.8) is 0 Å². The van der Waals surface area contributed by atoms with Crippen LogP contribution in [0.4, 0.5) is 11.4 Å². The van der Waals surface area contributed by atoms with Crippen LogP contribution in [-0.4, -0.2) is 52.6 Å². The Hall–Kier alpha value is -4.26. The normalized spacial score (nSPS) is 16.7. The number of furan rings is 2. The van der Waals surface area contributed by atoms with Gasteiger partial charge in [0.05, 0.1) is 26.4 Å². The van der Waals surface area contributed by atoms with E-state index >= 15 is 0 Å². The molecule has 5 aromatic carbocycles. The Bertz CT molecular complexity index is 2040. The molecule has 0 saturated carbocycles. The first-order valence-electron chi connectivity index (χ1n) is 15.0. The molecule has 0 spiro atoms. The molecule has 210 valence electrons. The van der Waals surface area contributed by atoms with E-state index in [-0.39, 0.29) is 0 Å². The topological polar surface area (TPSA) is 51.2 Å². The molecule has 0 N–H and O–H groups in total. The minimum absolute atomic E-state index is 0.776. The second kappa shape index (κ2) is 9.12. The number of ether oxygens (including phenoxy) is 2. The van der Waals surface area contributed by atoms with Crippen molar-refractivity contribution >= 4 is 76.8 Å². The number of nitrogens with zero attached hydrogens (tertiary/aromatic N) is 2. The predicted molar refractivity (Wildman–Crippen MR) is 172 cm³/mol. The Morgan fingerprint density at radius 2 is 0.929 bits per heavy atom. The van der Waals surface area contributed by atoms with Gasteiger partial charge in [-0.3, -0.25) is 0 Å². The molecule has 2 aliphatic rings. The molecule has 2 fully saturated rings. The summed E-state index contributed by atoms with van der Waals surface area (Å²) < 4.78 is 24.5. The largest absolute Gasteiger partial charge is 0.456 e. The first kappa shape index (κ1) is 24.3. The van der Waals surface area contributed by atoms with Crippen LogP contribution in [0.3, 0.4) is 0 Å². The highest BCUT2D eigenvalue weighted by molar-refractivity contribution is 6.29. The summed E-state index contributed by atoms with van der Waals surface area (Å²) in [7, 11) is 0. The van der Waals surface area contributed by atoms with Gasteiger partial charge in [-0.05, 0) is 95.1 Å². The van der Waals surface area contributed by atoms with Crippen LogP contribution in [0, 0.1) is 13.8 Å². The van der Waals surface area contributed by atoms with Crippen molar-refractivity contribution in [2.45, 2.75) is 13.8 Å². The average molecular weight is 557 g/mol. The second-order valence-corrected chi connectivity index (χ2v) is 11.8. The molecule has 42 heavy (non-hydrogen) atoms. The quantitative estimate of drug-likeness (QED) is 0.215. The Balaban J connectivity index is 1.27. The number of hydrogen-bond acceptors (Lipinski definition) is 6. The van der Waals surface area contributed by atoms with Gasteiger partial charge < -0.3 is 28.1 Å². The van der Waals surface area contributed by atoms with E-state index in [1.807, 2.05) is 0 Å². The van der Waals surface area contributed by atoms with E-state index in [0.29, 0.717) is 0 Å². The molecule has 6 nitrogen and oxygen atoms in total. The van der Waals surface area contributed by atoms with Crippen LogP contribution in [0.15, 0.2) is 69.5 Å². The van der Waals surface area contributed by atoms with Crippen LogP contribution in [-0.2, 0) is 9.47 Å². The lowest BCUT2D eigenvalue weighted by Crippen LogP contribution is -2.36. The van der Waals surface area contributed by atoms with Crippen molar-refractivity contribution in [2.24, 2.45) is 0 Å². The predicted octanol–water partition coefficient (Wildman–Crippen LogP) is 8.08. The monoisotopic (exact) mass is 556 g/mol. The number of morpholine rings is 2. The highest BCUT2D eigenvalue weighted by Gasteiger charge is 2.22. The fraction of sp³-hybridized carbons (Fsp3) is 0.278. The molecule has 9 rings (SSSR count). The lowest BCUT2D eigenvalue weighted by atomic mass is 9.97. The average Bonchev–Trinajstić information content (AvgIpc) is 3.59. The van der Waals surface area contributed by atoms with E-state index in [1.54, 1.807) is 0 Å². The summed E-state index contributed by atoms with van der Waals surface area (Å²) in [4.78, 5) is 4.79. The molecule has 0 atom stereocenters. The van der Waals surface area contributed by atoms with Gasteiger partial charge >= 0.3 is 0 Å². The van der Waals surface area contributed by atoms with E-state index < -0.39 is 0 Å². The highest BCUT2D eigenvalue weighted by atomic mass is 16.5. The van der Waals surface area contributed by atoms with E-state index in [1.165, 1.54) is 32.9 Å². The number of hydrogen-bond donors (Lipinski definition) is 0. The maximum atomic E-state index is 6.66. The summed E-state index contributed by atoms with van der Waals surface area (Å²) in [6.07, 6.45) is 0. The fourth-order valence-electron chi connectivity index (χ4n) is 7.06. The van der Waals surface area contributed by atoms with E-state index in [0.717, 1.165) is 108 Å².